The molecule has 0 saturated heterocycles. The molecule has 27 heavy (non-hydrogen) atoms. The second-order valence-corrected chi connectivity index (χ2v) is 6.31. The van der Waals surface area contributed by atoms with Gasteiger partial charge >= 0.3 is 0 Å². The van der Waals surface area contributed by atoms with E-state index in [1.807, 2.05) is 0 Å². The second kappa shape index (κ2) is 6.66. The van der Waals surface area contributed by atoms with Crippen LogP contribution in [0.3, 0.4) is 0 Å². The van der Waals surface area contributed by atoms with Crippen LogP contribution in [-0.2, 0) is 0 Å². The van der Waals surface area contributed by atoms with Crippen LogP contribution in [0, 0.1) is 0 Å². The molecule has 2 aromatic carbocycles. The lowest BCUT2D eigenvalue weighted by atomic mass is 10.1. The van der Waals surface area contributed by atoms with Crippen LogP contribution in [-0.4, -0.2) is 22.7 Å². The highest BCUT2D eigenvalue weighted by molar-refractivity contribution is 6.35. The number of anilines is 2. The highest BCUT2D eigenvalue weighted by Crippen LogP contribution is 2.30. The summed E-state index contributed by atoms with van der Waals surface area (Å²) in [6, 6.07) is 14.2. The van der Waals surface area contributed by atoms with E-state index in [0.29, 0.717) is 16.4 Å². The number of amides is 3. The molecule has 6 nitrogen and oxygen atoms in total. The number of hydrogen-bond donors (Lipinski definition) is 1. The van der Waals surface area contributed by atoms with Crippen molar-refractivity contribution in [2.24, 2.45) is 0 Å². The van der Waals surface area contributed by atoms with Gasteiger partial charge < -0.3 is 5.32 Å². The van der Waals surface area contributed by atoms with Crippen molar-refractivity contribution in [2.75, 3.05) is 10.2 Å². The first-order valence-corrected chi connectivity index (χ1v) is 8.42. The Morgan fingerprint density at radius 2 is 1.70 bits per heavy atom. The number of benzene rings is 2. The van der Waals surface area contributed by atoms with E-state index in [1.54, 1.807) is 42.6 Å². The van der Waals surface area contributed by atoms with Gasteiger partial charge in [0.05, 0.1) is 28.7 Å². The number of hydrogen-bond acceptors (Lipinski definition) is 4. The molecule has 1 aliphatic rings. The molecule has 0 unspecified atom stereocenters. The van der Waals surface area contributed by atoms with Gasteiger partial charge in [0.2, 0.25) is 0 Å². The maximum absolute atomic E-state index is 12.8. The van der Waals surface area contributed by atoms with Gasteiger partial charge in [0.15, 0.2) is 0 Å². The van der Waals surface area contributed by atoms with Gasteiger partial charge in [-0.3, -0.25) is 19.4 Å². The number of pyridine rings is 1. The Labute approximate surface area is 159 Å². The SMILES string of the molecule is O=C(Nc1cccnc1)c1ccc2c(c1)C(=O)N(c1ccc(Cl)cc1)C2=O. The number of nitrogens with one attached hydrogen (secondary N) is 1. The molecule has 1 aromatic heterocycles. The van der Waals surface area contributed by atoms with Crippen LogP contribution in [0.4, 0.5) is 11.4 Å². The van der Waals surface area contributed by atoms with E-state index in [4.69, 9.17) is 11.6 Å². The van der Waals surface area contributed by atoms with Gasteiger partial charge in [0, 0.05) is 16.8 Å². The number of carbonyl (C=O) groups is 3. The Morgan fingerprint density at radius 3 is 2.41 bits per heavy atom. The zero-order valence-electron chi connectivity index (χ0n) is 13.8. The molecule has 3 aromatic rings. The van der Waals surface area contributed by atoms with Crippen LogP contribution in [0.25, 0.3) is 0 Å². The van der Waals surface area contributed by atoms with E-state index < -0.39 is 17.7 Å². The highest BCUT2D eigenvalue weighted by atomic mass is 35.5. The van der Waals surface area contributed by atoms with Gasteiger partial charge in [-0.05, 0) is 54.6 Å². The van der Waals surface area contributed by atoms with Crippen molar-refractivity contribution in [1.82, 2.24) is 4.98 Å². The zero-order chi connectivity index (χ0) is 19.0. The van der Waals surface area contributed by atoms with E-state index in [1.165, 1.54) is 24.4 Å². The first-order valence-electron chi connectivity index (χ1n) is 8.04. The Kier molecular flexibility index (Phi) is 4.18. The van der Waals surface area contributed by atoms with E-state index in [0.717, 1.165) is 4.90 Å². The fourth-order valence-corrected chi connectivity index (χ4v) is 2.97. The molecule has 0 aliphatic carbocycles. The van der Waals surface area contributed by atoms with Crippen LogP contribution in [0.1, 0.15) is 31.1 Å². The average Bonchev–Trinajstić information content (AvgIpc) is 2.93. The minimum atomic E-state index is -0.478. The van der Waals surface area contributed by atoms with Gasteiger partial charge in [0.1, 0.15) is 0 Å². The van der Waals surface area contributed by atoms with Crippen molar-refractivity contribution < 1.29 is 14.4 Å². The third kappa shape index (κ3) is 3.07. The number of imide groups is 1. The lowest BCUT2D eigenvalue weighted by Gasteiger charge is -2.13. The lowest BCUT2D eigenvalue weighted by Crippen LogP contribution is -2.29. The van der Waals surface area contributed by atoms with Crippen molar-refractivity contribution in [1.29, 1.82) is 0 Å². The van der Waals surface area contributed by atoms with Crippen LogP contribution in [0.5, 0.6) is 0 Å². The summed E-state index contributed by atoms with van der Waals surface area (Å²) in [7, 11) is 0. The summed E-state index contributed by atoms with van der Waals surface area (Å²) in [6.07, 6.45) is 3.11. The third-order valence-electron chi connectivity index (χ3n) is 4.15. The molecule has 3 amide bonds. The number of rotatable bonds is 3. The first-order chi connectivity index (χ1) is 13.0. The van der Waals surface area contributed by atoms with Gasteiger partial charge in [0.25, 0.3) is 17.7 Å². The minimum absolute atomic E-state index is 0.189. The zero-order valence-corrected chi connectivity index (χ0v) is 14.6. The first kappa shape index (κ1) is 16.9. The summed E-state index contributed by atoms with van der Waals surface area (Å²) in [5.41, 5.74) is 1.68. The Balaban J connectivity index is 1.64. The molecule has 2 heterocycles. The summed E-state index contributed by atoms with van der Waals surface area (Å²) >= 11 is 5.87. The molecule has 0 fully saturated rings. The molecule has 0 spiro atoms. The van der Waals surface area contributed by atoms with Crippen molar-refractivity contribution in [3.05, 3.63) is 88.7 Å². The largest absolute Gasteiger partial charge is 0.321 e. The monoisotopic (exact) mass is 377 g/mol. The topological polar surface area (TPSA) is 79.4 Å². The number of carbonyl (C=O) groups excluding carboxylic acids is 3. The fraction of sp³-hybridized carbons (Fsp3) is 0. The number of nitrogens with zero attached hydrogens (tertiary/aromatic N) is 2. The summed E-state index contributed by atoms with van der Waals surface area (Å²) in [6.45, 7) is 0. The maximum atomic E-state index is 12.8. The van der Waals surface area contributed by atoms with Crippen molar-refractivity contribution in [3.8, 4) is 0 Å². The molecule has 4 rings (SSSR count). The van der Waals surface area contributed by atoms with E-state index in [9.17, 15) is 14.4 Å². The van der Waals surface area contributed by atoms with Crippen LogP contribution in [0.15, 0.2) is 67.0 Å². The summed E-state index contributed by atoms with van der Waals surface area (Å²) in [5.74, 6) is -1.30. The van der Waals surface area contributed by atoms with Crippen LogP contribution < -0.4 is 10.2 Å². The van der Waals surface area contributed by atoms with Gasteiger partial charge in [-0.15, -0.1) is 0 Å². The Hall–Kier alpha value is -3.51. The van der Waals surface area contributed by atoms with Gasteiger partial charge in [-0.2, -0.15) is 0 Å². The van der Waals surface area contributed by atoms with Gasteiger partial charge in [-0.1, -0.05) is 11.6 Å². The highest BCUT2D eigenvalue weighted by Gasteiger charge is 2.37. The molecule has 0 saturated carbocycles. The Bertz CT molecular complexity index is 1070. The van der Waals surface area contributed by atoms with Crippen LogP contribution >= 0.6 is 11.6 Å². The maximum Gasteiger partial charge on any atom is 0.266 e. The van der Waals surface area contributed by atoms with Crippen molar-refractivity contribution in [3.63, 3.8) is 0 Å². The predicted molar refractivity (Wildman–Crippen MR) is 101 cm³/mol. The van der Waals surface area contributed by atoms with E-state index in [2.05, 4.69) is 10.3 Å². The molecule has 132 valence electrons. The molecular weight excluding hydrogens is 366 g/mol. The molecule has 0 radical (unpaired) electrons. The quantitative estimate of drug-likeness (QED) is 0.704. The standard InChI is InChI=1S/C20H12ClN3O3/c21-13-4-6-15(7-5-13)24-19(26)16-8-3-12(10-17(16)20(24)27)18(25)23-14-2-1-9-22-11-14/h1-11H,(H,23,25). The molecule has 0 atom stereocenters. The third-order valence-corrected chi connectivity index (χ3v) is 4.40. The summed E-state index contributed by atoms with van der Waals surface area (Å²) in [4.78, 5) is 42.8. The smallest absolute Gasteiger partial charge is 0.266 e. The second-order valence-electron chi connectivity index (χ2n) is 5.88. The molecular formula is C20H12ClN3O3. The average molecular weight is 378 g/mol. The Morgan fingerprint density at radius 1 is 0.963 bits per heavy atom. The number of aromatic nitrogens is 1. The minimum Gasteiger partial charge on any atom is -0.321 e. The summed E-state index contributed by atoms with van der Waals surface area (Å²) < 4.78 is 0. The van der Waals surface area contributed by atoms with Crippen molar-refractivity contribution >= 4 is 40.7 Å². The van der Waals surface area contributed by atoms with Crippen LogP contribution in [0.2, 0.25) is 5.02 Å². The fourth-order valence-electron chi connectivity index (χ4n) is 2.85. The summed E-state index contributed by atoms with van der Waals surface area (Å²) in [5, 5.41) is 3.20. The van der Waals surface area contributed by atoms with Gasteiger partial charge in [-0.25, -0.2) is 4.90 Å². The van der Waals surface area contributed by atoms with Crippen molar-refractivity contribution in [2.45, 2.75) is 0 Å². The van der Waals surface area contributed by atoms with E-state index in [-0.39, 0.29) is 16.7 Å². The number of fused-ring (bicyclic) bond motifs is 1. The van der Waals surface area contributed by atoms with E-state index >= 15 is 0 Å². The molecule has 1 aliphatic heterocycles. The lowest BCUT2D eigenvalue weighted by molar-refractivity contribution is 0.0925. The number of halogens is 1. The molecule has 0 bridgehead atoms. The normalized spacial score (nSPS) is 12.9. The predicted octanol–water partition coefficient (Wildman–Crippen LogP) is 3.79. The molecule has 7 heteroatoms. The molecule has 1 N–H and O–H groups in total.